The SMILES string of the molecule is [2H]C(CC)(CC)c1cccc(C([2H])(CC)CC)c1C(C)(C)C. The lowest BCUT2D eigenvalue weighted by atomic mass is 9.73. The fourth-order valence-corrected chi connectivity index (χ4v) is 3.21. The zero-order valence-corrected chi connectivity index (χ0v) is 14.6. The lowest BCUT2D eigenvalue weighted by Gasteiger charge is -2.32. The Balaban J connectivity index is 3.76. The van der Waals surface area contributed by atoms with Crippen LogP contribution in [0.5, 0.6) is 0 Å². The molecule has 1 rings (SSSR count). The minimum atomic E-state index is -0.555. The van der Waals surface area contributed by atoms with E-state index in [1.54, 1.807) is 0 Å². The molecule has 0 spiro atoms. The summed E-state index contributed by atoms with van der Waals surface area (Å²) in [6.07, 6.45) is 3.22. The highest BCUT2D eigenvalue weighted by Gasteiger charge is 2.26. The van der Waals surface area contributed by atoms with Crippen LogP contribution in [0.25, 0.3) is 0 Å². The Morgan fingerprint density at radius 3 is 1.45 bits per heavy atom. The van der Waals surface area contributed by atoms with E-state index in [4.69, 9.17) is 2.74 Å². The molecule has 0 saturated carbocycles. The Bertz CT molecular complexity index is 453. The summed E-state index contributed by atoms with van der Waals surface area (Å²) in [7, 11) is 0. The first-order valence-corrected chi connectivity index (χ1v) is 8.24. The predicted molar refractivity (Wildman–Crippen MR) is 91.8 cm³/mol. The minimum absolute atomic E-state index is 0.0563. The molecule has 0 radical (unpaired) electrons. The van der Waals surface area contributed by atoms with Crippen molar-refractivity contribution in [3.05, 3.63) is 34.9 Å². The fourth-order valence-electron chi connectivity index (χ4n) is 3.21. The molecule has 0 amide bonds. The van der Waals surface area contributed by atoms with Crippen molar-refractivity contribution in [1.82, 2.24) is 0 Å². The second-order valence-electron chi connectivity index (χ2n) is 6.60. The van der Waals surface area contributed by atoms with Gasteiger partial charge in [-0.1, -0.05) is 66.7 Å². The Hall–Kier alpha value is -0.780. The van der Waals surface area contributed by atoms with E-state index in [0.29, 0.717) is 0 Å². The summed E-state index contributed by atoms with van der Waals surface area (Å²) in [4.78, 5) is 0. The molecule has 0 nitrogen and oxygen atoms in total. The van der Waals surface area contributed by atoms with E-state index in [-0.39, 0.29) is 5.41 Å². The van der Waals surface area contributed by atoms with Crippen molar-refractivity contribution in [2.45, 2.75) is 91.4 Å². The third-order valence-corrected chi connectivity index (χ3v) is 4.28. The summed E-state index contributed by atoms with van der Waals surface area (Å²) < 4.78 is 17.9. The molecule has 0 aliphatic rings. The zero-order valence-electron chi connectivity index (χ0n) is 16.6. The van der Waals surface area contributed by atoms with Gasteiger partial charge in [0.1, 0.15) is 0 Å². The summed E-state index contributed by atoms with van der Waals surface area (Å²) in [6, 6.07) is 6.30. The molecule has 0 aromatic heterocycles. The number of rotatable bonds is 6. The number of benzene rings is 1. The van der Waals surface area contributed by atoms with Crippen molar-refractivity contribution in [2.24, 2.45) is 0 Å². The summed E-state index contributed by atoms with van der Waals surface area (Å²) in [5.74, 6) is -1.11. The topological polar surface area (TPSA) is 0 Å². The molecular weight excluding hydrogens is 240 g/mol. The lowest BCUT2D eigenvalue weighted by Crippen LogP contribution is -2.20. The molecule has 1 aromatic carbocycles. The van der Waals surface area contributed by atoms with Crippen LogP contribution in [-0.4, -0.2) is 0 Å². The standard InChI is InChI=1S/C20H34/c1-8-15(9-2)17-13-12-14-18(16(10-3)11-4)19(17)20(5,6)7/h12-16H,8-11H2,1-7H3/i15D,16D. The third-order valence-electron chi connectivity index (χ3n) is 4.28. The van der Waals surface area contributed by atoms with Gasteiger partial charge >= 0.3 is 0 Å². The van der Waals surface area contributed by atoms with E-state index in [2.05, 4.69) is 66.7 Å². The maximum absolute atomic E-state index is 8.93. The first-order chi connectivity index (χ1) is 10.1. The van der Waals surface area contributed by atoms with Crippen molar-refractivity contribution in [1.29, 1.82) is 0 Å². The molecule has 20 heavy (non-hydrogen) atoms. The summed E-state index contributed by atoms with van der Waals surface area (Å²) in [6.45, 7) is 15.0. The van der Waals surface area contributed by atoms with Crippen molar-refractivity contribution in [3.63, 3.8) is 0 Å². The van der Waals surface area contributed by atoms with Crippen LogP contribution in [0.15, 0.2) is 18.2 Å². The largest absolute Gasteiger partial charge is 0.0648 e. The lowest BCUT2D eigenvalue weighted by molar-refractivity contribution is 0.532. The molecule has 0 aliphatic carbocycles. The van der Waals surface area contributed by atoms with Gasteiger partial charge in [-0.2, -0.15) is 0 Å². The van der Waals surface area contributed by atoms with Gasteiger partial charge < -0.3 is 0 Å². The summed E-state index contributed by atoms with van der Waals surface area (Å²) in [5, 5.41) is 0. The molecule has 0 fully saturated rings. The highest BCUT2D eigenvalue weighted by Crippen LogP contribution is 2.40. The van der Waals surface area contributed by atoms with Crippen molar-refractivity contribution >= 4 is 0 Å². The number of hydrogen-bond acceptors (Lipinski definition) is 0. The molecule has 114 valence electrons. The van der Waals surface area contributed by atoms with E-state index in [9.17, 15) is 0 Å². The first kappa shape index (κ1) is 14.2. The second-order valence-corrected chi connectivity index (χ2v) is 6.60. The second kappa shape index (κ2) is 7.29. The van der Waals surface area contributed by atoms with Crippen LogP contribution in [0, 0.1) is 0 Å². The molecular formula is C20H34. The quantitative estimate of drug-likeness (QED) is 0.536. The maximum atomic E-state index is 8.93. The molecule has 1 aromatic rings. The van der Waals surface area contributed by atoms with Gasteiger partial charge in [-0.3, -0.25) is 0 Å². The summed E-state index contributed by atoms with van der Waals surface area (Å²) in [5.41, 5.74) is 3.42. The van der Waals surface area contributed by atoms with Crippen LogP contribution in [0.4, 0.5) is 0 Å². The minimum Gasteiger partial charge on any atom is -0.0648 e. The van der Waals surface area contributed by atoms with E-state index in [1.807, 2.05) is 0 Å². The van der Waals surface area contributed by atoms with Gasteiger partial charge in [-0.15, -0.1) is 0 Å². The van der Waals surface area contributed by atoms with E-state index in [0.717, 1.165) is 36.8 Å². The Morgan fingerprint density at radius 1 is 0.850 bits per heavy atom. The maximum Gasteiger partial charge on any atom is 0.0352 e. The smallest absolute Gasteiger partial charge is 0.0352 e. The normalized spacial score (nSPS) is 14.9. The van der Waals surface area contributed by atoms with E-state index >= 15 is 0 Å². The van der Waals surface area contributed by atoms with E-state index < -0.39 is 11.8 Å². The molecule has 0 N–H and O–H groups in total. The molecule has 0 aliphatic heterocycles. The molecule has 0 saturated heterocycles. The molecule has 0 bridgehead atoms. The Labute approximate surface area is 129 Å². The average molecular weight is 277 g/mol. The van der Waals surface area contributed by atoms with Crippen LogP contribution in [0.3, 0.4) is 0 Å². The Morgan fingerprint density at radius 2 is 1.20 bits per heavy atom. The number of hydrogen-bond donors (Lipinski definition) is 0. The fraction of sp³-hybridized carbons (Fsp3) is 0.700. The van der Waals surface area contributed by atoms with Crippen molar-refractivity contribution < 1.29 is 2.74 Å². The zero-order chi connectivity index (χ0) is 17.2. The Kier molecular flexibility index (Phi) is 5.17. The van der Waals surface area contributed by atoms with E-state index in [1.165, 1.54) is 5.56 Å². The van der Waals surface area contributed by atoms with Crippen molar-refractivity contribution in [3.8, 4) is 0 Å². The molecule has 0 atom stereocenters. The molecule has 0 heterocycles. The van der Waals surface area contributed by atoms with Gasteiger partial charge in [-0.05, 0) is 59.6 Å². The van der Waals surface area contributed by atoms with Gasteiger partial charge in [0.2, 0.25) is 0 Å². The van der Waals surface area contributed by atoms with Crippen LogP contribution in [-0.2, 0) is 5.41 Å². The highest BCUT2D eigenvalue weighted by atomic mass is 14.3. The van der Waals surface area contributed by atoms with Crippen LogP contribution < -0.4 is 0 Å². The highest BCUT2D eigenvalue weighted by molar-refractivity contribution is 5.44. The van der Waals surface area contributed by atoms with Crippen molar-refractivity contribution in [2.75, 3.05) is 0 Å². The monoisotopic (exact) mass is 276 g/mol. The predicted octanol–water partition coefficient (Wildman–Crippen LogP) is 6.79. The third kappa shape index (κ3) is 3.65. The average Bonchev–Trinajstić information content (AvgIpc) is 2.51. The first-order valence-electron chi connectivity index (χ1n) is 9.24. The summed E-state index contributed by atoms with van der Waals surface area (Å²) >= 11 is 0. The van der Waals surface area contributed by atoms with Gasteiger partial charge in [-0.25, -0.2) is 0 Å². The van der Waals surface area contributed by atoms with Gasteiger partial charge in [0.15, 0.2) is 0 Å². The molecule has 0 heteroatoms. The van der Waals surface area contributed by atoms with Crippen LogP contribution in [0.1, 0.15) is 105 Å². The van der Waals surface area contributed by atoms with Gasteiger partial charge in [0.05, 0.1) is 0 Å². The molecule has 0 unspecified atom stereocenters. The van der Waals surface area contributed by atoms with Crippen LogP contribution >= 0.6 is 0 Å². The van der Waals surface area contributed by atoms with Gasteiger partial charge in [0.25, 0.3) is 0 Å². The van der Waals surface area contributed by atoms with Crippen LogP contribution in [0.2, 0.25) is 0 Å². The van der Waals surface area contributed by atoms with Gasteiger partial charge in [0, 0.05) is 2.74 Å².